The van der Waals surface area contributed by atoms with Crippen LogP contribution in [0.5, 0.6) is 23.0 Å². The molecule has 11 N–H and O–H groups in total. The van der Waals surface area contributed by atoms with Crippen LogP contribution >= 0.6 is 11.6 Å². The normalized spacial score (nSPS) is 11.7. The molecule has 0 radical (unpaired) electrons. The highest BCUT2D eigenvalue weighted by Crippen LogP contribution is 2.41. The van der Waals surface area contributed by atoms with Gasteiger partial charge in [-0.2, -0.15) is 10.4 Å². The molecule has 0 spiro atoms. The third-order valence-corrected chi connectivity index (χ3v) is 6.17. The lowest BCUT2D eigenvalue weighted by atomic mass is 10.2. The van der Waals surface area contributed by atoms with Crippen molar-refractivity contribution in [2.75, 3.05) is 30.0 Å². The number of ether oxygens (including phenoxy) is 4. The summed E-state index contributed by atoms with van der Waals surface area (Å²) >= 11 is 5.79. The first-order valence-corrected chi connectivity index (χ1v) is 12.5. The Morgan fingerprint density at radius 1 is 0.864 bits per heavy atom. The molecular weight excluding hydrogens is 606 g/mol. The van der Waals surface area contributed by atoms with E-state index >= 15 is 0 Å². The zero-order chi connectivity index (χ0) is 30.5. The van der Waals surface area contributed by atoms with Crippen molar-refractivity contribution in [2.45, 2.75) is 0 Å². The van der Waals surface area contributed by atoms with Crippen LogP contribution in [-0.4, -0.2) is 39.2 Å². The second-order valence-electron chi connectivity index (χ2n) is 8.42. The van der Waals surface area contributed by atoms with E-state index in [0.717, 1.165) is 6.07 Å². The Hall–Kier alpha value is -5.67. The number of pyridine rings is 2. The van der Waals surface area contributed by atoms with Crippen molar-refractivity contribution in [2.24, 2.45) is 11.7 Å². The summed E-state index contributed by atoms with van der Waals surface area (Å²) in [5, 5.41) is 21.3. The van der Waals surface area contributed by atoms with Crippen LogP contribution in [0.1, 0.15) is 5.56 Å². The van der Waals surface area contributed by atoms with Gasteiger partial charge in [0.2, 0.25) is 13.6 Å². The SMILES string of the molecule is N#Cc1cc(F)c(Nc2cccc3c2OCO3)nc1Cl.NN.Nc1[nH]nc2nc(Nc3cccc4c3OCO4)c(F)cc12.O. The number of aromatic nitrogens is 4. The molecule has 2 aliphatic rings. The van der Waals surface area contributed by atoms with Gasteiger partial charge in [0.15, 0.2) is 51.9 Å². The zero-order valence-electron chi connectivity index (χ0n) is 22.3. The number of nitrogens with two attached hydrogens (primary N) is 3. The molecule has 0 aliphatic carbocycles. The minimum absolute atomic E-state index is 0. The van der Waals surface area contributed by atoms with Crippen LogP contribution in [-0.2, 0) is 0 Å². The predicted octanol–water partition coefficient (Wildman–Crippen LogP) is 3.36. The van der Waals surface area contributed by atoms with Gasteiger partial charge >= 0.3 is 0 Å². The van der Waals surface area contributed by atoms with Crippen LogP contribution in [0.25, 0.3) is 11.0 Å². The fourth-order valence-electron chi connectivity index (χ4n) is 3.97. The second kappa shape index (κ2) is 13.5. The summed E-state index contributed by atoms with van der Waals surface area (Å²) in [6.07, 6.45) is 0. The quantitative estimate of drug-likeness (QED) is 0.0949. The van der Waals surface area contributed by atoms with E-state index in [9.17, 15) is 8.78 Å². The molecule has 0 amide bonds. The number of nitrogens with zero attached hydrogens (tertiary/aromatic N) is 4. The Kier molecular flexibility index (Phi) is 9.62. The first kappa shape index (κ1) is 31.3. The summed E-state index contributed by atoms with van der Waals surface area (Å²) in [6, 6.07) is 14.5. The lowest BCUT2D eigenvalue weighted by Gasteiger charge is -2.09. The van der Waals surface area contributed by atoms with Gasteiger partial charge in [0.1, 0.15) is 17.0 Å². The predicted molar refractivity (Wildman–Crippen MR) is 156 cm³/mol. The number of nitriles is 1. The van der Waals surface area contributed by atoms with Crippen LogP contribution in [0.2, 0.25) is 5.15 Å². The molecule has 0 atom stereocenters. The minimum Gasteiger partial charge on any atom is -0.454 e. The Bertz CT molecular complexity index is 1850. The van der Waals surface area contributed by atoms with Crippen molar-refractivity contribution < 1.29 is 33.2 Å². The highest BCUT2D eigenvalue weighted by atomic mass is 35.5. The molecule has 0 saturated carbocycles. The molecule has 18 heteroatoms. The number of halogens is 3. The number of H-pyrrole nitrogens is 1. The second-order valence-corrected chi connectivity index (χ2v) is 8.78. The van der Waals surface area contributed by atoms with E-state index < -0.39 is 11.6 Å². The summed E-state index contributed by atoms with van der Waals surface area (Å²) in [4.78, 5) is 7.94. The molecule has 5 heterocycles. The highest BCUT2D eigenvalue weighted by molar-refractivity contribution is 6.30. The van der Waals surface area contributed by atoms with Gasteiger partial charge in [0.25, 0.3) is 0 Å². The van der Waals surface area contributed by atoms with Crippen LogP contribution < -0.4 is 47.0 Å². The van der Waals surface area contributed by atoms with E-state index in [1.165, 1.54) is 6.07 Å². The Balaban J connectivity index is 0.000000186. The molecule has 2 aromatic carbocycles. The van der Waals surface area contributed by atoms with Gasteiger partial charge in [0.05, 0.1) is 22.3 Å². The molecule has 7 rings (SSSR count). The summed E-state index contributed by atoms with van der Waals surface area (Å²) in [6.45, 7) is 0.247. The molecule has 5 aromatic rings. The maximum Gasteiger partial charge on any atom is 0.231 e. The molecule has 44 heavy (non-hydrogen) atoms. The number of para-hydroxylation sites is 2. The first-order valence-electron chi connectivity index (χ1n) is 12.1. The Morgan fingerprint density at radius 2 is 1.41 bits per heavy atom. The number of fused-ring (bicyclic) bond motifs is 3. The van der Waals surface area contributed by atoms with Crippen LogP contribution in [0.4, 0.5) is 37.6 Å². The number of rotatable bonds is 4. The lowest BCUT2D eigenvalue weighted by Crippen LogP contribution is -2.02. The van der Waals surface area contributed by atoms with Crippen LogP contribution in [0.3, 0.4) is 0 Å². The third kappa shape index (κ3) is 6.23. The summed E-state index contributed by atoms with van der Waals surface area (Å²) in [5.74, 6) is 9.20. The van der Waals surface area contributed by atoms with E-state index in [1.54, 1.807) is 42.5 Å². The van der Waals surface area contributed by atoms with Gasteiger partial charge < -0.3 is 40.8 Å². The molecule has 3 aromatic heterocycles. The number of hydrogen-bond donors (Lipinski definition) is 6. The number of anilines is 5. The molecule has 15 nitrogen and oxygen atoms in total. The number of hydrogen-bond acceptors (Lipinski definition) is 13. The number of aromatic amines is 1. The van der Waals surface area contributed by atoms with E-state index in [4.69, 9.17) is 41.5 Å². The van der Waals surface area contributed by atoms with Crippen molar-refractivity contribution in [3.05, 3.63) is 70.9 Å². The number of nitrogens with one attached hydrogen (secondary N) is 3. The van der Waals surface area contributed by atoms with Crippen LogP contribution in [0.15, 0.2) is 48.5 Å². The summed E-state index contributed by atoms with van der Waals surface area (Å²) < 4.78 is 49.1. The molecule has 228 valence electrons. The van der Waals surface area contributed by atoms with Gasteiger partial charge in [-0.1, -0.05) is 23.7 Å². The third-order valence-electron chi connectivity index (χ3n) is 5.88. The largest absolute Gasteiger partial charge is 0.454 e. The van der Waals surface area contributed by atoms with Crippen molar-refractivity contribution in [3.8, 4) is 29.1 Å². The molecular formula is C26H23ClF2N10O5. The molecule has 0 saturated heterocycles. The van der Waals surface area contributed by atoms with Gasteiger partial charge in [0, 0.05) is 0 Å². The van der Waals surface area contributed by atoms with Crippen molar-refractivity contribution in [3.63, 3.8) is 0 Å². The number of benzene rings is 2. The van der Waals surface area contributed by atoms with Gasteiger partial charge in [-0.15, -0.1) is 0 Å². The maximum atomic E-state index is 14.1. The van der Waals surface area contributed by atoms with Gasteiger partial charge in [-0.25, -0.2) is 18.7 Å². The van der Waals surface area contributed by atoms with E-state index in [-0.39, 0.29) is 47.2 Å². The van der Waals surface area contributed by atoms with E-state index in [2.05, 4.69) is 42.5 Å². The van der Waals surface area contributed by atoms with Crippen LogP contribution in [0, 0.1) is 23.0 Å². The Labute approximate surface area is 251 Å². The first-order chi connectivity index (χ1) is 20.9. The number of hydrazine groups is 1. The highest BCUT2D eigenvalue weighted by Gasteiger charge is 2.21. The smallest absolute Gasteiger partial charge is 0.231 e. The fraction of sp³-hybridized carbons (Fsp3) is 0.0769. The van der Waals surface area contributed by atoms with Crippen molar-refractivity contribution in [1.82, 2.24) is 20.2 Å². The average Bonchev–Trinajstić information content (AvgIpc) is 3.78. The van der Waals surface area contributed by atoms with Crippen molar-refractivity contribution in [1.29, 1.82) is 5.26 Å². The topological polar surface area (TPSA) is 249 Å². The van der Waals surface area contributed by atoms with Gasteiger partial charge in [-0.05, 0) is 36.4 Å². The van der Waals surface area contributed by atoms with E-state index in [0.29, 0.717) is 45.4 Å². The zero-order valence-corrected chi connectivity index (χ0v) is 23.1. The average molecular weight is 629 g/mol. The molecule has 0 fully saturated rings. The summed E-state index contributed by atoms with van der Waals surface area (Å²) in [5.41, 5.74) is 7.03. The van der Waals surface area contributed by atoms with Gasteiger partial charge in [-0.3, -0.25) is 16.8 Å². The Morgan fingerprint density at radius 3 is 1.98 bits per heavy atom. The maximum absolute atomic E-state index is 14.1. The molecule has 0 bridgehead atoms. The monoisotopic (exact) mass is 628 g/mol. The van der Waals surface area contributed by atoms with Crippen molar-refractivity contribution >= 4 is 51.5 Å². The standard InChI is InChI=1S/C13H7ClFN3O2.C13H10FN5O2.H4N2.H2O/c14-12-7(5-16)4-8(15)13(18-12)17-9-2-1-3-10-11(9)20-6-19-10;14-7-4-6-11(15)18-19-12(6)17-13(7)16-8-2-1-3-9-10(8)21-5-20-9;1-2;/h1-4H,6H2,(H,17,18);1-4H,5H2,(H4,15,16,17,18,19);1-2H2;1H2. The molecule has 2 aliphatic heterocycles. The summed E-state index contributed by atoms with van der Waals surface area (Å²) in [7, 11) is 0. The molecule has 0 unspecified atom stereocenters. The minimum atomic E-state index is -0.678. The fourth-order valence-corrected chi connectivity index (χ4v) is 4.15. The number of nitrogen functional groups attached to an aromatic ring is 1. The van der Waals surface area contributed by atoms with E-state index in [1.807, 2.05) is 0 Å². The lowest BCUT2D eigenvalue weighted by molar-refractivity contribution is 0.174.